The second-order valence-electron chi connectivity index (χ2n) is 7.37. The number of guanidine groups is 1. The van der Waals surface area contributed by atoms with Crippen molar-refractivity contribution in [3.8, 4) is 0 Å². The number of likely N-dealkylation sites (tertiary alicyclic amines) is 1. The Labute approximate surface area is 197 Å². The summed E-state index contributed by atoms with van der Waals surface area (Å²) >= 11 is 0. The summed E-state index contributed by atoms with van der Waals surface area (Å²) in [5.41, 5.74) is 2.62. The third-order valence-electron chi connectivity index (χ3n) is 5.30. The molecule has 1 saturated heterocycles. The number of rotatable bonds is 8. The van der Waals surface area contributed by atoms with Crippen LogP contribution in [0.5, 0.6) is 0 Å². The summed E-state index contributed by atoms with van der Waals surface area (Å²) in [6.45, 7) is 5.53. The van der Waals surface area contributed by atoms with Crippen LogP contribution in [0, 0.1) is 0 Å². The predicted molar refractivity (Wildman–Crippen MR) is 135 cm³/mol. The number of nitrogens with one attached hydrogen (secondary N) is 2. The molecule has 1 heterocycles. The first-order valence-electron chi connectivity index (χ1n) is 10.7. The minimum absolute atomic E-state index is 0. The van der Waals surface area contributed by atoms with Gasteiger partial charge in [0.05, 0.1) is 0 Å². The van der Waals surface area contributed by atoms with Crippen LogP contribution in [-0.2, 0) is 4.79 Å². The molecule has 2 aromatic carbocycles. The van der Waals surface area contributed by atoms with Crippen molar-refractivity contribution < 1.29 is 4.79 Å². The number of halogens is 1. The molecule has 1 fully saturated rings. The van der Waals surface area contributed by atoms with Crippen molar-refractivity contribution >= 4 is 35.8 Å². The third kappa shape index (κ3) is 7.31. The van der Waals surface area contributed by atoms with Crippen molar-refractivity contribution in [2.24, 2.45) is 4.99 Å². The van der Waals surface area contributed by atoms with Gasteiger partial charge in [0.2, 0.25) is 5.91 Å². The Morgan fingerprint density at radius 3 is 2.07 bits per heavy atom. The number of amides is 1. The van der Waals surface area contributed by atoms with Gasteiger partial charge in [-0.1, -0.05) is 60.7 Å². The first-order valence-corrected chi connectivity index (χ1v) is 10.7. The van der Waals surface area contributed by atoms with Crippen LogP contribution in [0.25, 0.3) is 0 Å². The first-order chi connectivity index (χ1) is 14.3. The highest BCUT2D eigenvalue weighted by molar-refractivity contribution is 14.0. The van der Waals surface area contributed by atoms with Crippen molar-refractivity contribution in [3.63, 3.8) is 0 Å². The summed E-state index contributed by atoms with van der Waals surface area (Å²) < 4.78 is 0. The molecule has 0 aromatic heterocycles. The van der Waals surface area contributed by atoms with E-state index in [1.807, 2.05) is 11.8 Å². The molecule has 0 aliphatic carbocycles. The van der Waals surface area contributed by atoms with E-state index in [1.165, 1.54) is 11.1 Å². The van der Waals surface area contributed by atoms with E-state index >= 15 is 0 Å². The van der Waals surface area contributed by atoms with Gasteiger partial charge in [0.25, 0.3) is 0 Å². The monoisotopic (exact) mass is 520 g/mol. The molecule has 30 heavy (non-hydrogen) atoms. The molecule has 3 rings (SSSR count). The first kappa shape index (κ1) is 24.2. The minimum atomic E-state index is 0. The zero-order chi connectivity index (χ0) is 20.3. The summed E-state index contributed by atoms with van der Waals surface area (Å²) in [6, 6.07) is 21.2. The highest BCUT2D eigenvalue weighted by atomic mass is 127. The Hall–Kier alpha value is -2.09. The lowest BCUT2D eigenvalue weighted by Crippen LogP contribution is -2.39. The topological polar surface area (TPSA) is 56.7 Å². The lowest BCUT2D eigenvalue weighted by Gasteiger charge is -2.20. The van der Waals surface area contributed by atoms with Gasteiger partial charge in [-0.05, 0) is 37.3 Å². The van der Waals surface area contributed by atoms with E-state index in [2.05, 4.69) is 76.3 Å². The standard InChI is InChI=1S/C24H32N4O.HI/c1-2-25-24(27-19-23(29)28-17-9-10-18-28)26-16-15-22(20-11-5-3-6-12-20)21-13-7-4-8-14-21;/h3-8,11-14,22H,2,9-10,15-19H2,1H3,(H2,25,26,27);1H. The van der Waals surface area contributed by atoms with E-state index in [0.717, 1.165) is 45.4 Å². The van der Waals surface area contributed by atoms with Gasteiger partial charge in [-0.25, -0.2) is 4.99 Å². The van der Waals surface area contributed by atoms with Gasteiger partial charge in [-0.3, -0.25) is 4.79 Å². The SMILES string of the molecule is CCNC(=NCC(=O)N1CCCC1)NCCC(c1ccccc1)c1ccccc1.I. The molecule has 0 radical (unpaired) electrons. The summed E-state index contributed by atoms with van der Waals surface area (Å²) in [7, 11) is 0. The summed E-state index contributed by atoms with van der Waals surface area (Å²) in [5.74, 6) is 1.14. The molecule has 0 unspecified atom stereocenters. The second kappa shape index (κ2) is 13.3. The zero-order valence-electron chi connectivity index (χ0n) is 17.7. The fourth-order valence-electron chi connectivity index (χ4n) is 3.79. The Bertz CT molecular complexity index is 737. The molecule has 1 aliphatic rings. The van der Waals surface area contributed by atoms with E-state index in [-0.39, 0.29) is 36.4 Å². The molecule has 0 saturated carbocycles. The van der Waals surface area contributed by atoms with Crippen molar-refractivity contribution in [1.29, 1.82) is 0 Å². The summed E-state index contributed by atoms with van der Waals surface area (Å²) in [6.07, 6.45) is 3.15. The molecular formula is C24H33IN4O. The molecule has 1 aliphatic heterocycles. The van der Waals surface area contributed by atoms with Crippen LogP contribution in [-0.4, -0.2) is 49.5 Å². The number of hydrogen-bond donors (Lipinski definition) is 2. The largest absolute Gasteiger partial charge is 0.357 e. The predicted octanol–water partition coefficient (Wildman–Crippen LogP) is 4.00. The van der Waals surface area contributed by atoms with Gasteiger partial charge < -0.3 is 15.5 Å². The third-order valence-corrected chi connectivity index (χ3v) is 5.30. The summed E-state index contributed by atoms with van der Waals surface area (Å²) in [5, 5.41) is 6.65. The molecule has 0 spiro atoms. The van der Waals surface area contributed by atoms with Gasteiger partial charge in [-0.15, -0.1) is 24.0 Å². The highest BCUT2D eigenvalue weighted by Crippen LogP contribution is 2.27. The summed E-state index contributed by atoms with van der Waals surface area (Å²) in [4.78, 5) is 18.7. The normalized spacial score (nSPS) is 13.8. The fraction of sp³-hybridized carbons (Fsp3) is 0.417. The van der Waals surface area contributed by atoms with Crippen LogP contribution >= 0.6 is 24.0 Å². The van der Waals surface area contributed by atoms with E-state index in [0.29, 0.717) is 11.9 Å². The van der Waals surface area contributed by atoms with Crippen LogP contribution in [0.1, 0.15) is 43.2 Å². The number of carbonyl (C=O) groups is 1. The minimum Gasteiger partial charge on any atom is -0.357 e. The smallest absolute Gasteiger partial charge is 0.244 e. The van der Waals surface area contributed by atoms with Crippen LogP contribution in [0.4, 0.5) is 0 Å². The number of benzene rings is 2. The zero-order valence-corrected chi connectivity index (χ0v) is 20.0. The van der Waals surface area contributed by atoms with Crippen LogP contribution in [0.15, 0.2) is 65.7 Å². The average Bonchev–Trinajstić information content (AvgIpc) is 3.31. The fourth-order valence-corrected chi connectivity index (χ4v) is 3.79. The Morgan fingerprint density at radius 1 is 0.967 bits per heavy atom. The maximum atomic E-state index is 12.3. The van der Waals surface area contributed by atoms with Gasteiger partial charge in [-0.2, -0.15) is 0 Å². The van der Waals surface area contributed by atoms with E-state index < -0.39 is 0 Å². The van der Waals surface area contributed by atoms with E-state index in [4.69, 9.17) is 0 Å². The number of nitrogens with zero attached hydrogens (tertiary/aromatic N) is 2. The number of carbonyl (C=O) groups excluding carboxylic acids is 1. The average molecular weight is 520 g/mol. The molecule has 6 heteroatoms. The van der Waals surface area contributed by atoms with Crippen LogP contribution in [0.2, 0.25) is 0 Å². The molecule has 2 N–H and O–H groups in total. The molecule has 162 valence electrons. The highest BCUT2D eigenvalue weighted by Gasteiger charge is 2.17. The maximum absolute atomic E-state index is 12.3. The number of aliphatic imine (C=N–C) groups is 1. The van der Waals surface area contributed by atoms with Crippen molar-refractivity contribution in [2.75, 3.05) is 32.7 Å². The Morgan fingerprint density at radius 2 is 1.53 bits per heavy atom. The maximum Gasteiger partial charge on any atom is 0.244 e. The van der Waals surface area contributed by atoms with Crippen molar-refractivity contribution in [3.05, 3.63) is 71.8 Å². The Kier molecular flexibility index (Phi) is 10.7. The van der Waals surface area contributed by atoms with Crippen LogP contribution in [0.3, 0.4) is 0 Å². The molecule has 5 nitrogen and oxygen atoms in total. The van der Waals surface area contributed by atoms with Gasteiger partial charge in [0.15, 0.2) is 5.96 Å². The quantitative estimate of drug-likeness (QED) is 0.314. The van der Waals surface area contributed by atoms with E-state index in [9.17, 15) is 4.79 Å². The molecule has 1 amide bonds. The second-order valence-corrected chi connectivity index (χ2v) is 7.37. The van der Waals surface area contributed by atoms with Gasteiger partial charge in [0, 0.05) is 32.1 Å². The molecule has 0 atom stereocenters. The van der Waals surface area contributed by atoms with Gasteiger partial charge >= 0.3 is 0 Å². The van der Waals surface area contributed by atoms with Crippen LogP contribution < -0.4 is 10.6 Å². The molecule has 0 bridgehead atoms. The number of hydrogen-bond acceptors (Lipinski definition) is 2. The van der Waals surface area contributed by atoms with Crippen molar-refractivity contribution in [2.45, 2.75) is 32.1 Å². The molecule has 2 aromatic rings. The Balaban J connectivity index is 0.00000320. The van der Waals surface area contributed by atoms with E-state index in [1.54, 1.807) is 0 Å². The molecular weight excluding hydrogens is 487 g/mol. The lowest BCUT2D eigenvalue weighted by molar-refractivity contribution is -0.128. The van der Waals surface area contributed by atoms with Crippen molar-refractivity contribution in [1.82, 2.24) is 15.5 Å². The lowest BCUT2D eigenvalue weighted by atomic mass is 9.88. The van der Waals surface area contributed by atoms with Gasteiger partial charge in [0.1, 0.15) is 6.54 Å².